The Balaban J connectivity index is 1.14. The van der Waals surface area contributed by atoms with Gasteiger partial charge in [-0.05, 0) is 73.5 Å². The molecule has 222 valence electrons. The Kier molecular flexibility index (Phi) is 7.53. The highest BCUT2D eigenvalue weighted by Crippen LogP contribution is 2.29. The van der Waals surface area contributed by atoms with Crippen LogP contribution in [-0.2, 0) is 0 Å². The zero-order valence-corrected chi connectivity index (χ0v) is 25.4. The second-order valence-corrected chi connectivity index (χ2v) is 11.3. The Morgan fingerprint density at radius 2 is 0.848 bits per heavy atom. The first-order valence-electron chi connectivity index (χ1n) is 15.1. The van der Waals surface area contributed by atoms with Gasteiger partial charge in [-0.1, -0.05) is 84.9 Å². The third-order valence-corrected chi connectivity index (χ3v) is 8.16. The van der Waals surface area contributed by atoms with Crippen molar-refractivity contribution in [1.82, 2.24) is 9.97 Å². The molecular weight excluding hydrogens is 568 g/mol. The minimum atomic E-state index is -0.239. The summed E-state index contributed by atoms with van der Waals surface area (Å²) in [4.78, 5) is 36.9. The molecule has 2 heterocycles. The molecule has 2 amide bonds. The number of anilines is 2. The number of fused-ring (bicyclic) bond motifs is 2. The average molecular weight is 599 g/mol. The molecule has 7 rings (SSSR count). The molecule has 0 unspecified atom stereocenters. The highest BCUT2D eigenvalue weighted by Gasteiger charge is 2.17. The first-order valence-corrected chi connectivity index (χ1v) is 15.1. The van der Waals surface area contributed by atoms with Gasteiger partial charge in [-0.3, -0.25) is 9.59 Å². The quantitative estimate of drug-likeness (QED) is 0.200. The van der Waals surface area contributed by atoms with Gasteiger partial charge in [-0.15, -0.1) is 0 Å². The zero-order chi connectivity index (χ0) is 31.6. The van der Waals surface area contributed by atoms with Crippen molar-refractivity contribution in [3.63, 3.8) is 0 Å². The number of amides is 2. The van der Waals surface area contributed by atoms with E-state index in [-0.39, 0.29) is 11.8 Å². The Morgan fingerprint density at radius 3 is 1.26 bits per heavy atom. The van der Waals surface area contributed by atoms with Gasteiger partial charge in [0.1, 0.15) is 0 Å². The summed E-state index contributed by atoms with van der Waals surface area (Å²) in [5.74, 6) is -0.477. The van der Waals surface area contributed by atoms with Crippen LogP contribution in [-0.4, -0.2) is 21.8 Å². The van der Waals surface area contributed by atoms with Gasteiger partial charge in [0.25, 0.3) is 11.8 Å². The number of nitrogens with zero attached hydrogens (tertiary/aromatic N) is 2. The number of benzene rings is 5. The van der Waals surface area contributed by atoms with E-state index < -0.39 is 0 Å². The number of carbonyl (C=O) groups excluding carboxylic acids is 2. The van der Waals surface area contributed by atoms with Crippen LogP contribution in [0.5, 0.6) is 0 Å². The molecule has 0 saturated carbocycles. The SMILES string of the molecule is Cc1ccccc1-c1cc(C(=O)Nc2ccc(NC(=O)c3cc(-c4ccccc4C)nc4ccccc34)cc2)c2ccccc2n1. The average Bonchev–Trinajstić information content (AvgIpc) is 3.08. The number of para-hydroxylation sites is 2. The number of hydrogen-bond acceptors (Lipinski definition) is 4. The van der Waals surface area contributed by atoms with Crippen LogP contribution in [0.1, 0.15) is 31.8 Å². The lowest BCUT2D eigenvalue weighted by atomic mass is 10.0. The smallest absolute Gasteiger partial charge is 0.256 e. The van der Waals surface area contributed by atoms with Crippen LogP contribution >= 0.6 is 0 Å². The van der Waals surface area contributed by atoms with Crippen molar-refractivity contribution in [3.05, 3.63) is 156 Å². The van der Waals surface area contributed by atoms with Gasteiger partial charge in [0.15, 0.2) is 0 Å². The fraction of sp³-hybridized carbons (Fsp3) is 0.0500. The Bertz CT molecular complexity index is 2110. The maximum Gasteiger partial charge on any atom is 0.256 e. The molecule has 0 aliphatic heterocycles. The van der Waals surface area contributed by atoms with Gasteiger partial charge in [0, 0.05) is 33.3 Å². The van der Waals surface area contributed by atoms with Gasteiger partial charge in [-0.2, -0.15) is 0 Å². The van der Waals surface area contributed by atoms with E-state index in [0.717, 1.165) is 55.4 Å². The van der Waals surface area contributed by atoms with Crippen molar-refractivity contribution in [2.75, 3.05) is 10.6 Å². The molecule has 6 nitrogen and oxygen atoms in total. The van der Waals surface area contributed by atoms with Crippen molar-refractivity contribution in [2.45, 2.75) is 13.8 Å². The molecule has 6 heteroatoms. The molecule has 0 atom stereocenters. The monoisotopic (exact) mass is 598 g/mol. The summed E-state index contributed by atoms with van der Waals surface area (Å²) in [7, 11) is 0. The van der Waals surface area contributed by atoms with E-state index >= 15 is 0 Å². The predicted molar refractivity (Wildman–Crippen MR) is 186 cm³/mol. The second kappa shape index (κ2) is 12.1. The molecule has 0 spiro atoms. The summed E-state index contributed by atoms with van der Waals surface area (Å²) in [6, 6.07) is 42.1. The van der Waals surface area contributed by atoms with Crippen LogP contribution in [0.4, 0.5) is 11.4 Å². The zero-order valence-electron chi connectivity index (χ0n) is 25.4. The minimum Gasteiger partial charge on any atom is -0.322 e. The molecule has 2 aromatic heterocycles. The summed E-state index contributed by atoms with van der Waals surface area (Å²) in [6.07, 6.45) is 0. The van der Waals surface area contributed by atoms with E-state index in [2.05, 4.69) is 10.6 Å². The van der Waals surface area contributed by atoms with Crippen LogP contribution in [0.3, 0.4) is 0 Å². The first kappa shape index (κ1) is 28.6. The maximum atomic E-state index is 13.6. The molecule has 0 saturated heterocycles. The molecule has 46 heavy (non-hydrogen) atoms. The van der Waals surface area contributed by atoms with Crippen LogP contribution in [0.2, 0.25) is 0 Å². The number of aromatic nitrogens is 2. The largest absolute Gasteiger partial charge is 0.322 e. The number of pyridine rings is 2. The number of aryl methyl sites for hydroxylation is 2. The van der Waals surface area contributed by atoms with Gasteiger partial charge < -0.3 is 10.6 Å². The summed E-state index contributed by atoms with van der Waals surface area (Å²) in [5, 5.41) is 7.59. The van der Waals surface area contributed by atoms with Gasteiger partial charge in [0.05, 0.1) is 33.5 Å². The highest BCUT2D eigenvalue weighted by molar-refractivity contribution is 6.14. The predicted octanol–water partition coefficient (Wildman–Crippen LogP) is 9.24. The van der Waals surface area contributed by atoms with E-state index in [4.69, 9.17) is 9.97 Å². The summed E-state index contributed by atoms with van der Waals surface area (Å²) in [5.41, 5.74) is 9.41. The lowest BCUT2D eigenvalue weighted by molar-refractivity contribution is 0.102. The molecule has 5 aromatic carbocycles. The highest BCUT2D eigenvalue weighted by atomic mass is 16.2. The van der Waals surface area contributed by atoms with Crippen LogP contribution in [0.25, 0.3) is 44.3 Å². The van der Waals surface area contributed by atoms with Crippen molar-refractivity contribution in [3.8, 4) is 22.5 Å². The van der Waals surface area contributed by atoms with E-state index in [0.29, 0.717) is 22.5 Å². The normalized spacial score (nSPS) is 11.0. The molecule has 0 bridgehead atoms. The summed E-state index contributed by atoms with van der Waals surface area (Å²) >= 11 is 0. The van der Waals surface area contributed by atoms with Crippen LogP contribution in [0.15, 0.2) is 133 Å². The van der Waals surface area contributed by atoms with Crippen molar-refractivity contribution >= 4 is 45.0 Å². The lowest BCUT2D eigenvalue weighted by Gasteiger charge is -2.13. The van der Waals surface area contributed by atoms with E-state index in [1.54, 1.807) is 24.3 Å². The molecule has 7 aromatic rings. The van der Waals surface area contributed by atoms with Crippen LogP contribution in [0, 0.1) is 13.8 Å². The molecule has 0 fully saturated rings. The van der Waals surface area contributed by atoms with E-state index in [1.807, 2.05) is 123 Å². The van der Waals surface area contributed by atoms with Crippen molar-refractivity contribution in [1.29, 1.82) is 0 Å². The number of hydrogen-bond donors (Lipinski definition) is 2. The van der Waals surface area contributed by atoms with E-state index in [1.165, 1.54) is 0 Å². The molecule has 0 aliphatic carbocycles. The Morgan fingerprint density at radius 1 is 0.478 bits per heavy atom. The number of nitrogens with one attached hydrogen (secondary N) is 2. The maximum absolute atomic E-state index is 13.6. The van der Waals surface area contributed by atoms with Crippen molar-refractivity contribution < 1.29 is 9.59 Å². The Labute approximate surface area is 266 Å². The molecule has 2 N–H and O–H groups in total. The first-order chi connectivity index (χ1) is 22.4. The second-order valence-electron chi connectivity index (χ2n) is 11.3. The third-order valence-electron chi connectivity index (χ3n) is 8.16. The topological polar surface area (TPSA) is 84.0 Å². The summed E-state index contributed by atoms with van der Waals surface area (Å²) < 4.78 is 0. The van der Waals surface area contributed by atoms with E-state index in [9.17, 15) is 9.59 Å². The van der Waals surface area contributed by atoms with Gasteiger partial charge in [0.2, 0.25) is 0 Å². The van der Waals surface area contributed by atoms with Gasteiger partial charge >= 0.3 is 0 Å². The molecule has 0 radical (unpaired) electrons. The standard InChI is InChI=1S/C40H30N4O2/c1-25-11-3-5-13-29(25)37-23-33(31-15-7-9-17-35(31)43-37)39(45)41-27-19-21-28(22-20-27)42-40(46)34-24-38(30-14-6-4-12-26(30)2)44-36-18-10-8-16-32(34)36/h3-24H,1-2H3,(H,41,45)(H,42,46). The number of carbonyl (C=O) groups is 2. The lowest BCUT2D eigenvalue weighted by Crippen LogP contribution is -2.14. The fourth-order valence-electron chi connectivity index (χ4n) is 5.76. The van der Waals surface area contributed by atoms with Crippen molar-refractivity contribution in [2.24, 2.45) is 0 Å². The van der Waals surface area contributed by atoms with Gasteiger partial charge in [-0.25, -0.2) is 9.97 Å². The number of rotatable bonds is 6. The molecule has 0 aliphatic rings. The third kappa shape index (κ3) is 5.60. The fourth-order valence-corrected chi connectivity index (χ4v) is 5.76. The molecular formula is C40H30N4O2. The Hall–Kier alpha value is -6.14. The minimum absolute atomic E-state index is 0.239. The summed E-state index contributed by atoms with van der Waals surface area (Å²) in [6.45, 7) is 4.07. The van der Waals surface area contributed by atoms with Crippen LogP contribution < -0.4 is 10.6 Å².